The summed E-state index contributed by atoms with van der Waals surface area (Å²) in [4.78, 5) is 17.0. The van der Waals surface area contributed by atoms with Crippen LogP contribution in [0, 0.1) is 0 Å². The molecule has 6 nitrogen and oxygen atoms in total. The molecule has 0 saturated heterocycles. The summed E-state index contributed by atoms with van der Waals surface area (Å²) in [6, 6.07) is 7.62. The lowest BCUT2D eigenvalue weighted by molar-refractivity contribution is 0.463. The van der Waals surface area contributed by atoms with Crippen LogP contribution in [0.1, 0.15) is 43.1 Å². The summed E-state index contributed by atoms with van der Waals surface area (Å²) in [6.45, 7) is 3.40. The van der Waals surface area contributed by atoms with Crippen LogP contribution in [-0.2, 0) is 25.9 Å². The van der Waals surface area contributed by atoms with Crippen molar-refractivity contribution in [2.24, 2.45) is 0 Å². The Balaban J connectivity index is 1.43. The van der Waals surface area contributed by atoms with Crippen molar-refractivity contribution in [3.05, 3.63) is 57.9 Å². The molecule has 0 bridgehead atoms. The molecule has 136 valence electrons. The standard InChI is InChI=1S/C20H25N5O/c1-14(12-25-13-22-17-9-6-5-8-16(17)20(25)26)21-11-19-15-7-3-2-4-10-18(15)23-24-19/h5-6,8-9,13-14,21H,2-4,7,10-12H2,1H3,(H,23,24)/t14-/m1/s1. The molecule has 1 atom stereocenters. The first-order valence-electron chi connectivity index (χ1n) is 9.45. The van der Waals surface area contributed by atoms with Gasteiger partial charge in [-0.15, -0.1) is 0 Å². The molecule has 2 heterocycles. The monoisotopic (exact) mass is 351 g/mol. The van der Waals surface area contributed by atoms with Crippen molar-refractivity contribution in [3.8, 4) is 0 Å². The maximum absolute atomic E-state index is 12.6. The zero-order chi connectivity index (χ0) is 17.9. The molecule has 0 radical (unpaired) electrons. The molecule has 0 amide bonds. The van der Waals surface area contributed by atoms with Crippen LogP contribution in [0.25, 0.3) is 10.9 Å². The largest absolute Gasteiger partial charge is 0.307 e. The second kappa shape index (κ2) is 7.41. The number of hydrogen-bond donors (Lipinski definition) is 2. The van der Waals surface area contributed by atoms with E-state index in [0.717, 1.165) is 30.6 Å². The lowest BCUT2D eigenvalue weighted by Crippen LogP contribution is -2.34. The van der Waals surface area contributed by atoms with Gasteiger partial charge in [0, 0.05) is 24.8 Å². The molecule has 26 heavy (non-hydrogen) atoms. The minimum atomic E-state index is 0.0119. The average molecular weight is 351 g/mol. The molecule has 4 rings (SSSR count). The van der Waals surface area contributed by atoms with Crippen LogP contribution in [-0.4, -0.2) is 25.8 Å². The Morgan fingerprint density at radius 1 is 1.23 bits per heavy atom. The number of hydrogen-bond acceptors (Lipinski definition) is 4. The number of fused-ring (bicyclic) bond motifs is 2. The molecular weight excluding hydrogens is 326 g/mol. The van der Waals surface area contributed by atoms with E-state index < -0.39 is 0 Å². The number of para-hydroxylation sites is 1. The first-order valence-corrected chi connectivity index (χ1v) is 9.45. The second-order valence-corrected chi connectivity index (χ2v) is 7.19. The highest BCUT2D eigenvalue weighted by Gasteiger charge is 2.16. The van der Waals surface area contributed by atoms with E-state index >= 15 is 0 Å². The fourth-order valence-electron chi connectivity index (χ4n) is 3.74. The van der Waals surface area contributed by atoms with Crippen molar-refractivity contribution < 1.29 is 0 Å². The third kappa shape index (κ3) is 3.42. The molecule has 0 saturated carbocycles. The normalized spacial score (nSPS) is 15.6. The van der Waals surface area contributed by atoms with Crippen LogP contribution < -0.4 is 10.9 Å². The summed E-state index contributed by atoms with van der Waals surface area (Å²) in [5.41, 5.74) is 4.58. The van der Waals surface area contributed by atoms with Gasteiger partial charge in [0.15, 0.2) is 0 Å². The van der Waals surface area contributed by atoms with Gasteiger partial charge in [0.1, 0.15) is 0 Å². The van der Waals surface area contributed by atoms with Crippen LogP contribution in [0.15, 0.2) is 35.4 Å². The number of benzene rings is 1. The molecule has 1 aliphatic carbocycles. The summed E-state index contributed by atoms with van der Waals surface area (Å²) in [5.74, 6) is 0. The zero-order valence-electron chi connectivity index (χ0n) is 15.2. The van der Waals surface area contributed by atoms with Crippen LogP contribution >= 0.6 is 0 Å². The number of aromatic nitrogens is 4. The number of nitrogens with zero attached hydrogens (tertiary/aromatic N) is 3. The van der Waals surface area contributed by atoms with E-state index in [0.29, 0.717) is 11.9 Å². The Morgan fingerprint density at radius 3 is 3.00 bits per heavy atom. The summed E-state index contributed by atoms with van der Waals surface area (Å²) < 4.78 is 1.69. The summed E-state index contributed by atoms with van der Waals surface area (Å²) in [7, 11) is 0. The van der Waals surface area contributed by atoms with Gasteiger partial charge >= 0.3 is 0 Å². The Labute approximate surface area is 152 Å². The van der Waals surface area contributed by atoms with Gasteiger partial charge in [-0.3, -0.25) is 14.5 Å². The lowest BCUT2D eigenvalue weighted by Gasteiger charge is -2.15. The maximum Gasteiger partial charge on any atom is 0.261 e. The van der Waals surface area contributed by atoms with Crippen molar-refractivity contribution in [1.29, 1.82) is 0 Å². The Hall–Kier alpha value is -2.47. The molecule has 2 aromatic heterocycles. The quantitative estimate of drug-likeness (QED) is 0.693. The third-order valence-corrected chi connectivity index (χ3v) is 5.21. The van der Waals surface area contributed by atoms with Gasteiger partial charge in [-0.05, 0) is 50.3 Å². The summed E-state index contributed by atoms with van der Waals surface area (Å²) in [5, 5.41) is 11.9. The first-order chi connectivity index (χ1) is 12.7. The highest BCUT2D eigenvalue weighted by atomic mass is 16.1. The number of nitrogens with one attached hydrogen (secondary N) is 2. The summed E-state index contributed by atoms with van der Waals surface area (Å²) in [6.07, 6.45) is 7.65. The Kier molecular flexibility index (Phi) is 4.84. The number of aryl methyl sites for hydroxylation is 1. The van der Waals surface area contributed by atoms with E-state index in [9.17, 15) is 4.79 Å². The molecular formula is C20H25N5O. The molecule has 6 heteroatoms. The Bertz CT molecular complexity index is 958. The van der Waals surface area contributed by atoms with Gasteiger partial charge in [0.2, 0.25) is 0 Å². The molecule has 0 fully saturated rings. The van der Waals surface area contributed by atoms with E-state index in [2.05, 4.69) is 27.4 Å². The number of rotatable bonds is 5. The maximum atomic E-state index is 12.6. The molecule has 1 aliphatic rings. The lowest BCUT2D eigenvalue weighted by atomic mass is 10.1. The SMILES string of the molecule is C[C@H](Cn1cnc2ccccc2c1=O)NCc1n[nH]c2c1CCCCC2. The van der Waals surface area contributed by atoms with Crippen molar-refractivity contribution in [2.45, 2.75) is 58.2 Å². The number of aromatic amines is 1. The van der Waals surface area contributed by atoms with Crippen molar-refractivity contribution >= 4 is 10.9 Å². The summed E-state index contributed by atoms with van der Waals surface area (Å²) >= 11 is 0. The predicted octanol–water partition coefficient (Wildman–Crippen LogP) is 2.57. The van der Waals surface area contributed by atoms with Gasteiger partial charge in [0.05, 0.1) is 22.9 Å². The van der Waals surface area contributed by atoms with Crippen LogP contribution in [0.2, 0.25) is 0 Å². The first kappa shape index (κ1) is 17.0. The van der Waals surface area contributed by atoms with E-state index in [1.54, 1.807) is 10.9 Å². The fraction of sp³-hybridized carbons (Fsp3) is 0.450. The van der Waals surface area contributed by atoms with Crippen molar-refractivity contribution in [2.75, 3.05) is 0 Å². The molecule has 0 aliphatic heterocycles. The predicted molar refractivity (Wildman–Crippen MR) is 102 cm³/mol. The minimum absolute atomic E-state index is 0.0119. The van der Waals surface area contributed by atoms with Gasteiger partial charge in [0.25, 0.3) is 5.56 Å². The van der Waals surface area contributed by atoms with E-state index in [4.69, 9.17) is 0 Å². The zero-order valence-corrected chi connectivity index (χ0v) is 15.2. The van der Waals surface area contributed by atoms with E-state index in [1.807, 2.05) is 24.3 Å². The van der Waals surface area contributed by atoms with Crippen molar-refractivity contribution in [3.63, 3.8) is 0 Å². The smallest absolute Gasteiger partial charge is 0.261 e. The van der Waals surface area contributed by atoms with Gasteiger partial charge in [-0.25, -0.2) is 4.98 Å². The molecule has 0 spiro atoms. The third-order valence-electron chi connectivity index (χ3n) is 5.21. The minimum Gasteiger partial charge on any atom is -0.307 e. The van der Waals surface area contributed by atoms with Gasteiger partial charge in [-0.2, -0.15) is 5.10 Å². The van der Waals surface area contributed by atoms with Crippen molar-refractivity contribution in [1.82, 2.24) is 25.1 Å². The molecule has 3 aromatic rings. The highest BCUT2D eigenvalue weighted by Crippen LogP contribution is 2.21. The van der Waals surface area contributed by atoms with Gasteiger partial charge in [-0.1, -0.05) is 18.6 Å². The average Bonchev–Trinajstić information content (AvgIpc) is 2.89. The molecule has 2 N–H and O–H groups in total. The fourth-order valence-corrected chi connectivity index (χ4v) is 3.74. The van der Waals surface area contributed by atoms with Gasteiger partial charge < -0.3 is 5.32 Å². The molecule has 1 aromatic carbocycles. The van der Waals surface area contributed by atoms with E-state index in [1.165, 1.54) is 30.5 Å². The van der Waals surface area contributed by atoms with Crippen LogP contribution in [0.5, 0.6) is 0 Å². The molecule has 0 unspecified atom stereocenters. The van der Waals surface area contributed by atoms with Crippen LogP contribution in [0.3, 0.4) is 0 Å². The Morgan fingerprint density at radius 2 is 2.08 bits per heavy atom. The topological polar surface area (TPSA) is 75.6 Å². The highest BCUT2D eigenvalue weighted by molar-refractivity contribution is 5.76. The van der Waals surface area contributed by atoms with Crippen LogP contribution in [0.4, 0.5) is 0 Å². The second-order valence-electron chi connectivity index (χ2n) is 7.19. The number of H-pyrrole nitrogens is 1. The van der Waals surface area contributed by atoms with E-state index in [-0.39, 0.29) is 11.6 Å².